The van der Waals surface area contributed by atoms with Gasteiger partial charge in [0.15, 0.2) is 5.69 Å². The minimum Gasteiger partial charge on any atom is -0.287 e. The maximum Gasteiger partial charge on any atom is 0.209 e. The fourth-order valence-electron chi connectivity index (χ4n) is 3.27. The first-order valence-corrected chi connectivity index (χ1v) is 8.95. The summed E-state index contributed by atoms with van der Waals surface area (Å²) in [5.41, 5.74) is 2.60. The molecule has 0 aliphatic heterocycles. The highest BCUT2D eigenvalue weighted by molar-refractivity contribution is 5.87. The molecule has 0 spiro atoms. The van der Waals surface area contributed by atoms with Crippen molar-refractivity contribution >= 4 is 10.9 Å². The van der Waals surface area contributed by atoms with E-state index in [1.54, 1.807) is 46.2 Å². The van der Waals surface area contributed by atoms with Crippen molar-refractivity contribution in [2.75, 3.05) is 0 Å². The molecule has 29 heavy (non-hydrogen) atoms. The van der Waals surface area contributed by atoms with Gasteiger partial charge in [-0.3, -0.25) is 9.78 Å². The van der Waals surface area contributed by atoms with Gasteiger partial charge in [-0.1, -0.05) is 18.2 Å². The predicted molar refractivity (Wildman–Crippen MR) is 108 cm³/mol. The Labute approximate surface area is 164 Å². The molecule has 2 aromatic carbocycles. The van der Waals surface area contributed by atoms with Gasteiger partial charge in [-0.15, -0.1) is 0 Å². The Morgan fingerprint density at radius 1 is 0.897 bits per heavy atom. The zero-order chi connectivity index (χ0) is 19.8. The summed E-state index contributed by atoms with van der Waals surface area (Å²) in [4.78, 5) is 16.9. The number of para-hydroxylation sites is 1. The van der Waals surface area contributed by atoms with Crippen LogP contribution in [0.2, 0.25) is 0 Å². The van der Waals surface area contributed by atoms with E-state index in [1.165, 1.54) is 18.2 Å². The maximum atomic E-state index is 13.9. The molecular weight excluding hydrogens is 369 g/mol. The SMILES string of the molecule is O=c1ccn(-c2ccccc2)nc1-c1ccnn1-c1ccnc2ccc(F)cc12. The molecule has 3 heterocycles. The second-order valence-corrected chi connectivity index (χ2v) is 6.43. The molecule has 0 saturated heterocycles. The van der Waals surface area contributed by atoms with Crippen LogP contribution < -0.4 is 5.43 Å². The Hall–Kier alpha value is -4.13. The smallest absolute Gasteiger partial charge is 0.209 e. The molecule has 0 saturated carbocycles. The normalized spacial score (nSPS) is 11.1. The van der Waals surface area contributed by atoms with Gasteiger partial charge in [-0.25, -0.2) is 13.8 Å². The Kier molecular flexibility index (Phi) is 3.98. The molecule has 0 N–H and O–H groups in total. The second-order valence-electron chi connectivity index (χ2n) is 6.43. The van der Waals surface area contributed by atoms with Gasteiger partial charge in [0.25, 0.3) is 0 Å². The van der Waals surface area contributed by atoms with Crippen molar-refractivity contribution in [1.82, 2.24) is 24.5 Å². The average Bonchev–Trinajstić information content (AvgIpc) is 3.23. The Bertz CT molecular complexity index is 1390. The number of rotatable bonds is 3. The molecule has 6 nitrogen and oxygen atoms in total. The summed E-state index contributed by atoms with van der Waals surface area (Å²) in [6.45, 7) is 0. The third-order valence-electron chi connectivity index (χ3n) is 4.62. The molecule has 0 bridgehead atoms. The standard InChI is InChI=1S/C22H14FN5O/c23-15-6-7-18-17(14-15)19(8-11-24-18)28-20(9-12-25-28)22-21(29)10-13-27(26-22)16-4-2-1-3-5-16/h1-14H. The third kappa shape index (κ3) is 2.98. The quantitative estimate of drug-likeness (QED) is 0.476. The number of hydrogen-bond acceptors (Lipinski definition) is 4. The molecule has 5 rings (SSSR count). The minimum atomic E-state index is -0.371. The van der Waals surface area contributed by atoms with Crippen LogP contribution in [0.3, 0.4) is 0 Å². The molecule has 140 valence electrons. The number of halogens is 1. The van der Waals surface area contributed by atoms with Crippen LogP contribution in [-0.2, 0) is 0 Å². The minimum absolute atomic E-state index is 0.233. The number of aromatic nitrogens is 5. The van der Waals surface area contributed by atoms with Crippen LogP contribution >= 0.6 is 0 Å². The van der Waals surface area contributed by atoms with Crippen LogP contribution in [0.25, 0.3) is 33.7 Å². The summed E-state index contributed by atoms with van der Waals surface area (Å²) in [7, 11) is 0. The lowest BCUT2D eigenvalue weighted by Gasteiger charge is -2.11. The predicted octanol–water partition coefficient (Wildman–Crippen LogP) is 3.77. The van der Waals surface area contributed by atoms with Crippen LogP contribution in [0.1, 0.15) is 0 Å². The van der Waals surface area contributed by atoms with Gasteiger partial charge < -0.3 is 0 Å². The van der Waals surface area contributed by atoms with Crippen molar-refractivity contribution < 1.29 is 4.39 Å². The highest BCUT2D eigenvalue weighted by Gasteiger charge is 2.15. The second kappa shape index (κ2) is 6.79. The van der Waals surface area contributed by atoms with Crippen LogP contribution in [0.15, 0.2) is 90.1 Å². The summed E-state index contributed by atoms with van der Waals surface area (Å²) in [6, 6.07) is 18.8. The molecule has 5 aromatic rings. The zero-order valence-corrected chi connectivity index (χ0v) is 15.1. The summed E-state index contributed by atoms with van der Waals surface area (Å²) in [5, 5.41) is 9.48. The van der Waals surface area contributed by atoms with E-state index in [4.69, 9.17) is 0 Å². The topological polar surface area (TPSA) is 65.6 Å². The molecule has 0 aliphatic rings. The molecule has 7 heteroatoms. The Morgan fingerprint density at radius 2 is 1.76 bits per heavy atom. The first-order valence-electron chi connectivity index (χ1n) is 8.95. The van der Waals surface area contributed by atoms with Gasteiger partial charge in [-0.2, -0.15) is 10.2 Å². The van der Waals surface area contributed by atoms with Gasteiger partial charge >= 0.3 is 0 Å². The van der Waals surface area contributed by atoms with E-state index in [9.17, 15) is 9.18 Å². The van der Waals surface area contributed by atoms with Gasteiger partial charge in [0.1, 0.15) is 5.82 Å². The first-order chi connectivity index (χ1) is 14.2. The largest absolute Gasteiger partial charge is 0.287 e. The number of nitrogens with zero attached hydrogens (tertiary/aromatic N) is 5. The number of benzene rings is 2. The molecule has 0 aliphatic carbocycles. The summed E-state index contributed by atoms with van der Waals surface area (Å²) in [6.07, 6.45) is 4.84. The number of pyridine rings is 1. The van der Waals surface area contributed by atoms with Gasteiger partial charge in [-0.05, 0) is 42.5 Å². The van der Waals surface area contributed by atoms with Crippen molar-refractivity contribution in [2.24, 2.45) is 0 Å². The molecule has 0 unspecified atom stereocenters. The first kappa shape index (κ1) is 17.0. The van der Waals surface area contributed by atoms with Gasteiger partial charge in [0, 0.05) is 23.8 Å². The van der Waals surface area contributed by atoms with E-state index in [0.717, 1.165) is 5.69 Å². The lowest BCUT2D eigenvalue weighted by molar-refractivity contribution is 0.629. The molecule has 0 fully saturated rings. The van der Waals surface area contributed by atoms with E-state index in [2.05, 4.69) is 15.2 Å². The number of hydrogen-bond donors (Lipinski definition) is 0. The van der Waals surface area contributed by atoms with E-state index in [-0.39, 0.29) is 16.9 Å². The van der Waals surface area contributed by atoms with Crippen molar-refractivity contribution in [3.05, 3.63) is 101 Å². The van der Waals surface area contributed by atoms with E-state index in [1.807, 2.05) is 30.3 Å². The average molecular weight is 383 g/mol. The van der Waals surface area contributed by atoms with Crippen molar-refractivity contribution in [2.45, 2.75) is 0 Å². The molecule has 0 radical (unpaired) electrons. The highest BCUT2D eigenvalue weighted by atomic mass is 19.1. The van der Waals surface area contributed by atoms with E-state index in [0.29, 0.717) is 22.3 Å². The van der Waals surface area contributed by atoms with Gasteiger partial charge in [0.05, 0.1) is 28.8 Å². The highest BCUT2D eigenvalue weighted by Crippen LogP contribution is 2.25. The van der Waals surface area contributed by atoms with E-state index >= 15 is 0 Å². The zero-order valence-electron chi connectivity index (χ0n) is 15.1. The lowest BCUT2D eigenvalue weighted by Crippen LogP contribution is -2.15. The summed E-state index contributed by atoms with van der Waals surface area (Å²) in [5.74, 6) is -0.371. The number of fused-ring (bicyclic) bond motifs is 1. The van der Waals surface area contributed by atoms with Crippen molar-refractivity contribution in [1.29, 1.82) is 0 Å². The molecule has 0 amide bonds. The van der Waals surface area contributed by atoms with Crippen LogP contribution in [0.4, 0.5) is 4.39 Å². The molecular formula is C22H14FN5O. The third-order valence-corrected chi connectivity index (χ3v) is 4.62. The monoisotopic (exact) mass is 383 g/mol. The molecule has 3 aromatic heterocycles. The fraction of sp³-hybridized carbons (Fsp3) is 0. The van der Waals surface area contributed by atoms with Crippen LogP contribution in [-0.4, -0.2) is 24.5 Å². The van der Waals surface area contributed by atoms with Crippen molar-refractivity contribution in [3.63, 3.8) is 0 Å². The van der Waals surface area contributed by atoms with Crippen LogP contribution in [0, 0.1) is 5.82 Å². The molecule has 0 atom stereocenters. The fourth-order valence-corrected chi connectivity index (χ4v) is 3.27. The van der Waals surface area contributed by atoms with Gasteiger partial charge in [0.2, 0.25) is 5.43 Å². The summed E-state index contributed by atoms with van der Waals surface area (Å²) >= 11 is 0. The Balaban J connectivity index is 1.72. The van der Waals surface area contributed by atoms with Crippen LogP contribution in [0.5, 0.6) is 0 Å². The van der Waals surface area contributed by atoms with E-state index < -0.39 is 0 Å². The Morgan fingerprint density at radius 3 is 2.62 bits per heavy atom. The lowest BCUT2D eigenvalue weighted by atomic mass is 10.1. The summed E-state index contributed by atoms with van der Waals surface area (Å²) < 4.78 is 17.1. The maximum absolute atomic E-state index is 13.9. The van der Waals surface area contributed by atoms with Crippen molar-refractivity contribution in [3.8, 4) is 22.8 Å².